The van der Waals surface area contributed by atoms with Gasteiger partial charge in [-0.3, -0.25) is 10.1 Å². The molecule has 24 heavy (non-hydrogen) atoms. The van der Waals surface area contributed by atoms with Gasteiger partial charge >= 0.3 is 0 Å². The van der Waals surface area contributed by atoms with Crippen LogP contribution < -0.4 is 10.5 Å². The van der Waals surface area contributed by atoms with Gasteiger partial charge in [0.25, 0.3) is 5.91 Å². The molecule has 1 aromatic heterocycles. The van der Waals surface area contributed by atoms with E-state index in [9.17, 15) is 13.2 Å². The third-order valence-corrected chi connectivity index (χ3v) is 5.47. The molecule has 0 atom stereocenters. The largest absolute Gasteiger partial charge is 0.298 e. The number of rotatable bonds is 3. The maximum absolute atomic E-state index is 12.5. The Morgan fingerprint density at radius 2 is 1.92 bits per heavy atom. The van der Waals surface area contributed by atoms with Crippen LogP contribution in [0.3, 0.4) is 0 Å². The van der Waals surface area contributed by atoms with E-state index in [1.807, 2.05) is 25.1 Å². The van der Waals surface area contributed by atoms with Crippen molar-refractivity contribution in [1.82, 2.24) is 4.98 Å². The van der Waals surface area contributed by atoms with Crippen molar-refractivity contribution < 1.29 is 13.2 Å². The normalized spacial score (nSPS) is 11.6. The number of sulfonamides is 1. The average molecular weight is 361 g/mol. The molecule has 2 aromatic carbocycles. The number of fused-ring (bicyclic) bond motifs is 1. The molecule has 3 N–H and O–H groups in total. The predicted octanol–water partition coefficient (Wildman–Crippen LogP) is 2.81. The summed E-state index contributed by atoms with van der Waals surface area (Å²) in [5.74, 6) is -0.422. The van der Waals surface area contributed by atoms with E-state index in [0.717, 1.165) is 15.8 Å². The van der Waals surface area contributed by atoms with Crippen LogP contribution in [0.25, 0.3) is 10.2 Å². The zero-order chi connectivity index (χ0) is 17.5. The molecule has 0 radical (unpaired) electrons. The van der Waals surface area contributed by atoms with E-state index in [-0.39, 0.29) is 10.5 Å². The minimum absolute atomic E-state index is 0.0987. The summed E-state index contributed by atoms with van der Waals surface area (Å²) in [5.41, 5.74) is 2.76. The number of anilines is 1. The number of benzene rings is 2. The summed E-state index contributed by atoms with van der Waals surface area (Å²) in [6, 6.07) is 10.0. The van der Waals surface area contributed by atoms with Gasteiger partial charge in [0.1, 0.15) is 0 Å². The van der Waals surface area contributed by atoms with Crippen molar-refractivity contribution in [3.63, 3.8) is 0 Å². The monoisotopic (exact) mass is 361 g/mol. The van der Waals surface area contributed by atoms with Crippen molar-refractivity contribution in [2.45, 2.75) is 18.7 Å². The molecule has 3 aromatic rings. The van der Waals surface area contributed by atoms with E-state index in [1.54, 1.807) is 13.0 Å². The van der Waals surface area contributed by atoms with Crippen molar-refractivity contribution in [1.29, 1.82) is 0 Å². The molecular weight excluding hydrogens is 346 g/mol. The average Bonchev–Trinajstić information content (AvgIpc) is 2.90. The molecule has 0 fully saturated rings. The topological polar surface area (TPSA) is 102 Å². The van der Waals surface area contributed by atoms with Gasteiger partial charge in [-0.1, -0.05) is 29.5 Å². The van der Waals surface area contributed by atoms with E-state index in [0.29, 0.717) is 10.7 Å². The Morgan fingerprint density at radius 1 is 1.17 bits per heavy atom. The molecule has 1 amide bonds. The number of amides is 1. The number of aryl methyl sites for hydroxylation is 2. The molecule has 0 aliphatic carbocycles. The first kappa shape index (κ1) is 16.6. The number of carbonyl (C=O) groups is 1. The highest BCUT2D eigenvalue weighted by Crippen LogP contribution is 2.28. The third-order valence-electron chi connectivity index (χ3n) is 3.62. The molecule has 0 spiro atoms. The van der Waals surface area contributed by atoms with Gasteiger partial charge in [0.05, 0.1) is 15.1 Å². The molecule has 124 valence electrons. The first-order chi connectivity index (χ1) is 11.3. The van der Waals surface area contributed by atoms with Crippen LogP contribution in [-0.2, 0) is 10.0 Å². The second-order valence-electron chi connectivity index (χ2n) is 5.42. The maximum atomic E-state index is 12.5. The van der Waals surface area contributed by atoms with Crippen molar-refractivity contribution in [3.8, 4) is 0 Å². The molecule has 3 rings (SSSR count). The smallest absolute Gasteiger partial charge is 0.257 e. The predicted molar refractivity (Wildman–Crippen MR) is 94.9 cm³/mol. The molecule has 1 heterocycles. The minimum atomic E-state index is -3.87. The van der Waals surface area contributed by atoms with Gasteiger partial charge in [-0.2, -0.15) is 0 Å². The van der Waals surface area contributed by atoms with Crippen LogP contribution >= 0.6 is 11.3 Å². The lowest BCUT2D eigenvalue weighted by Crippen LogP contribution is -2.16. The number of nitrogens with two attached hydrogens (primary N) is 1. The molecule has 0 saturated carbocycles. The number of hydrogen-bond donors (Lipinski definition) is 2. The molecule has 0 aliphatic rings. The fourth-order valence-corrected chi connectivity index (χ4v) is 3.81. The first-order valence-electron chi connectivity index (χ1n) is 7.06. The highest BCUT2D eigenvalue weighted by Gasteiger charge is 2.16. The van der Waals surface area contributed by atoms with Crippen LogP contribution in [0.2, 0.25) is 0 Å². The summed E-state index contributed by atoms with van der Waals surface area (Å²) in [5, 5.41) is 8.32. The Labute approximate surface area is 143 Å². The van der Waals surface area contributed by atoms with Gasteiger partial charge in [-0.25, -0.2) is 18.5 Å². The summed E-state index contributed by atoms with van der Waals surface area (Å²) in [6.45, 7) is 3.68. The van der Waals surface area contributed by atoms with Crippen LogP contribution in [-0.4, -0.2) is 19.3 Å². The Kier molecular flexibility index (Phi) is 4.12. The van der Waals surface area contributed by atoms with Crippen LogP contribution in [0.15, 0.2) is 41.3 Å². The second-order valence-corrected chi connectivity index (χ2v) is 8.01. The molecule has 0 saturated heterocycles. The Balaban J connectivity index is 1.95. The van der Waals surface area contributed by atoms with Crippen molar-refractivity contribution in [3.05, 3.63) is 53.1 Å². The molecule has 6 nitrogen and oxygen atoms in total. The lowest BCUT2D eigenvalue weighted by Gasteiger charge is -2.07. The Morgan fingerprint density at radius 3 is 2.58 bits per heavy atom. The third kappa shape index (κ3) is 3.16. The molecule has 0 aliphatic heterocycles. The zero-order valence-electron chi connectivity index (χ0n) is 13.0. The molecule has 8 heteroatoms. The molecular formula is C16H15N3O3S2. The lowest BCUT2D eigenvalue weighted by atomic mass is 10.1. The number of aromatic nitrogens is 1. The van der Waals surface area contributed by atoms with Gasteiger partial charge in [-0.05, 0) is 43.2 Å². The summed E-state index contributed by atoms with van der Waals surface area (Å²) in [4.78, 5) is 16.8. The summed E-state index contributed by atoms with van der Waals surface area (Å²) >= 11 is 1.36. The van der Waals surface area contributed by atoms with Crippen LogP contribution in [0.4, 0.5) is 5.13 Å². The van der Waals surface area contributed by atoms with E-state index >= 15 is 0 Å². The molecule has 0 bridgehead atoms. The Hall–Kier alpha value is -2.29. The fraction of sp³-hybridized carbons (Fsp3) is 0.125. The van der Waals surface area contributed by atoms with Gasteiger partial charge in [0.15, 0.2) is 5.13 Å². The highest BCUT2D eigenvalue weighted by atomic mass is 32.2. The number of carbonyl (C=O) groups excluding carboxylic acids is 1. The first-order valence-corrected chi connectivity index (χ1v) is 9.43. The van der Waals surface area contributed by atoms with E-state index in [1.165, 1.54) is 23.5 Å². The van der Waals surface area contributed by atoms with Crippen LogP contribution in [0, 0.1) is 13.8 Å². The van der Waals surface area contributed by atoms with Gasteiger partial charge in [-0.15, -0.1) is 0 Å². The van der Waals surface area contributed by atoms with Gasteiger partial charge in [0.2, 0.25) is 10.0 Å². The number of nitrogens with zero attached hydrogens (tertiary/aromatic N) is 1. The molecule has 0 unspecified atom stereocenters. The standard InChI is InChI=1S/C16H15N3O3S2/c1-9-6-7-11(24(17,21)22)8-12(9)15(20)19-16-18-14-10(2)4-3-5-13(14)23-16/h3-8H,1-2H3,(H2,17,21,22)(H,18,19,20). The van der Waals surface area contributed by atoms with Crippen LogP contribution in [0.5, 0.6) is 0 Å². The van der Waals surface area contributed by atoms with Crippen LogP contribution in [0.1, 0.15) is 21.5 Å². The van der Waals surface area contributed by atoms with E-state index in [4.69, 9.17) is 5.14 Å². The summed E-state index contributed by atoms with van der Waals surface area (Å²) < 4.78 is 23.9. The maximum Gasteiger partial charge on any atom is 0.257 e. The van der Waals surface area contributed by atoms with E-state index < -0.39 is 15.9 Å². The Bertz CT molecular complexity index is 1060. The number of nitrogens with one attached hydrogen (secondary N) is 1. The van der Waals surface area contributed by atoms with Crippen molar-refractivity contribution >= 4 is 42.6 Å². The summed E-state index contributed by atoms with van der Waals surface area (Å²) in [6.07, 6.45) is 0. The SMILES string of the molecule is Cc1ccc(S(N)(=O)=O)cc1C(=O)Nc1nc2c(C)cccc2s1. The fourth-order valence-electron chi connectivity index (χ4n) is 2.33. The number of thiazole rings is 1. The number of hydrogen-bond acceptors (Lipinski definition) is 5. The van der Waals surface area contributed by atoms with Gasteiger partial charge < -0.3 is 0 Å². The number of primary sulfonamides is 1. The van der Waals surface area contributed by atoms with Gasteiger partial charge in [0, 0.05) is 5.56 Å². The lowest BCUT2D eigenvalue weighted by molar-refractivity contribution is 0.102. The van der Waals surface area contributed by atoms with Crippen molar-refractivity contribution in [2.24, 2.45) is 5.14 Å². The number of para-hydroxylation sites is 1. The quantitative estimate of drug-likeness (QED) is 0.749. The second kappa shape index (κ2) is 5.97. The highest BCUT2D eigenvalue weighted by molar-refractivity contribution is 7.89. The zero-order valence-corrected chi connectivity index (χ0v) is 14.7. The summed E-state index contributed by atoms with van der Waals surface area (Å²) in [7, 11) is -3.87. The van der Waals surface area contributed by atoms with Crippen molar-refractivity contribution in [2.75, 3.05) is 5.32 Å². The van der Waals surface area contributed by atoms with E-state index in [2.05, 4.69) is 10.3 Å². The minimum Gasteiger partial charge on any atom is -0.298 e.